The predicted octanol–water partition coefficient (Wildman–Crippen LogP) is 1.04. The smallest absolute Gasteiger partial charge is 0.165 e. The van der Waals surface area contributed by atoms with Gasteiger partial charge in [0.2, 0.25) is 0 Å². The van der Waals surface area contributed by atoms with Crippen molar-refractivity contribution in [3.63, 3.8) is 0 Å². The van der Waals surface area contributed by atoms with E-state index in [-0.39, 0.29) is 11.4 Å². The SMILES string of the molecule is N=C(/C=C(\N)C=O)c1ccc(N2CC[C@H](F)C2)nc1. The van der Waals surface area contributed by atoms with Gasteiger partial charge in [-0.25, -0.2) is 9.37 Å². The van der Waals surface area contributed by atoms with Gasteiger partial charge in [0.25, 0.3) is 0 Å². The van der Waals surface area contributed by atoms with Crippen molar-refractivity contribution in [1.29, 1.82) is 5.41 Å². The van der Waals surface area contributed by atoms with E-state index in [2.05, 4.69) is 4.98 Å². The second-order valence-corrected chi connectivity index (χ2v) is 4.41. The summed E-state index contributed by atoms with van der Waals surface area (Å²) in [7, 11) is 0. The van der Waals surface area contributed by atoms with Crippen LogP contribution in [0.25, 0.3) is 0 Å². The monoisotopic (exact) mass is 262 g/mol. The van der Waals surface area contributed by atoms with Crippen molar-refractivity contribution in [3.8, 4) is 0 Å². The standard InChI is InChI=1S/C13H15FN4O/c14-10-3-4-18(7-10)13-2-1-9(6-17-13)12(16)5-11(15)8-19/h1-2,5-6,8,10,16H,3-4,7,15H2/b11-5-,16-12?/t10-/m0/s1. The van der Waals surface area contributed by atoms with Crippen LogP contribution in [0.15, 0.2) is 30.1 Å². The number of nitrogens with one attached hydrogen (secondary N) is 1. The summed E-state index contributed by atoms with van der Waals surface area (Å²) in [6.07, 6.45) is 3.02. The first kappa shape index (κ1) is 13.2. The number of nitrogens with zero attached hydrogens (tertiary/aromatic N) is 2. The van der Waals surface area contributed by atoms with Crippen LogP contribution in [0.1, 0.15) is 12.0 Å². The number of hydrogen-bond donors (Lipinski definition) is 2. The lowest BCUT2D eigenvalue weighted by atomic mass is 10.1. The molecule has 0 radical (unpaired) electrons. The Morgan fingerprint density at radius 3 is 2.89 bits per heavy atom. The number of nitrogens with two attached hydrogens (primary N) is 1. The molecule has 19 heavy (non-hydrogen) atoms. The van der Waals surface area contributed by atoms with Crippen LogP contribution >= 0.6 is 0 Å². The molecule has 1 atom stereocenters. The highest BCUT2D eigenvalue weighted by Crippen LogP contribution is 2.19. The predicted molar refractivity (Wildman–Crippen MR) is 71.1 cm³/mol. The van der Waals surface area contributed by atoms with E-state index < -0.39 is 6.17 Å². The number of carbonyl (C=O) groups excluding carboxylic acids is 1. The Labute approximate surface area is 110 Å². The summed E-state index contributed by atoms with van der Waals surface area (Å²) in [4.78, 5) is 16.5. The number of aromatic nitrogens is 1. The molecule has 5 nitrogen and oxygen atoms in total. The third-order valence-corrected chi connectivity index (χ3v) is 2.96. The number of carbonyl (C=O) groups is 1. The van der Waals surface area contributed by atoms with Gasteiger partial charge in [-0.15, -0.1) is 0 Å². The van der Waals surface area contributed by atoms with Crippen molar-refractivity contribution in [2.75, 3.05) is 18.0 Å². The van der Waals surface area contributed by atoms with E-state index in [1.54, 1.807) is 12.1 Å². The molecule has 0 aromatic carbocycles. The lowest BCUT2D eigenvalue weighted by Crippen LogP contribution is -2.21. The van der Waals surface area contributed by atoms with Crippen LogP contribution in [0.2, 0.25) is 0 Å². The fourth-order valence-corrected chi connectivity index (χ4v) is 1.94. The Morgan fingerprint density at radius 2 is 2.37 bits per heavy atom. The Morgan fingerprint density at radius 1 is 1.58 bits per heavy atom. The molecule has 3 N–H and O–H groups in total. The van der Waals surface area contributed by atoms with Gasteiger partial charge in [-0.2, -0.15) is 0 Å². The molecule has 1 aromatic heterocycles. The van der Waals surface area contributed by atoms with Crippen LogP contribution < -0.4 is 10.6 Å². The fourth-order valence-electron chi connectivity index (χ4n) is 1.94. The maximum atomic E-state index is 13.1. The number of anilines is 1. The van der Waals surface area contributed by atoms with E-state index in [0.717, 1.165) is 0 Å². The van der Waals surface area contributed by atoms with E-state index in [4.69, 9.17) is 11.1 Å². The molecule has 2 rings (SSSR count). The molecule has 1 aliphatic heterocycles. The summed E-state index contributed by atoms with van der Waals surface area (Å²) in [5, 5.41) is 7.75. The fraction of sp³-hybridized carbons (Fsp3) is 0.308. The van der Waals surface area contributed by atoms with Crippen LogP contribution in [-0.4, -0.2) is 36.2 Å². The first-order valence-electron chi connectivity index (χ1n) is 5.96. The molecule has 1 fully saturated rings. The normalized spacial score (nSPS) is 19.5. The Kier molecular flexibility index (Phi) is 3.89. The van der Waals surface area contributed by atoms with Gasteiger partial charge >= 0.3 is 0 Å². The third-order valence-electron chi connectivity index (χ3n) is 2.96. The zero-order valence-electron chi connectivity index (χ0n) is 10.3. The zero-order chi connectivity index (χ0) is 13.8. The molecule has 6 heteroatoms. The number of alkyl halides is 1. The number of hydrogen-bond acceptors (Lipinski definition) is 5. The Balaban J connectivity index is 2.10. The minimum absolute atomic E-state index is 0.00566. The summed E-state index contributed by atoms with van der Waals surface area (Å²) in [5.74, 6) is 0.698. The highest BCUT2D eigenvalue weighted by Gasteiger charge is 2.22. The van der Waals surface area contributed by atoms with Gasteiger partial charge in [-0.3, -0.25) is 4.79 Å². The lowest BCUT2D eigenvalue weighted by molar-refractivity contribution is -0.104. The minimum Gasteiger partial charge on any atom is -0.396 e. The van der Waals surface area contributed by atoms with E-state index in [1.165, 1.54) is 12.3 Å². The number of halogens is 1. The second kappa shape index (κ2) is 5.60. The van der Waals surface area contributed by atoms with Gasteiger partial charge in [0.1, 0.15) is 12.0 Å². The van der Waals surface area contributed by atoms with Crippen molar-refractivity contribution < 1.29 is 9.18 Å². The summed E-state index contributed by atoms with van der Waals surface area (Å²) < 4.78 is 13.1. The third kappa shape index (κ3) is 3.15. The molecule has 0 aliphatic carbocycles. The molecule has 2 heterocycles. The molecule has 1 saturated heterocycles. The summed E-state index contributed by atoms with van der Waals surface area (Å²) >= 11 is 0. The molecule has 0 spiro atoms. The van der Waals surface area contributed by atoms with Gasteiger partial charge in [0, 0.05) is 18.3 Å². The molecule has 1 aliphatic rings. The Hall–Kier alpha value is -2.24. The van der Waals surface area contributed by atoms with Crippen molar-refractivity contribution in [2.24, 2.45) is 5.73 Å². The highest BCUT2D eigenvalue weighted by molar-refractivity contribution is 6.08. The molecule has 1 aromatic rings. The topological polar surface area (TPSA) is 83.1 Å². The van der Waals surface area contributed by atoms with Crippen molar-refractivity contribution >= 4 is 17.8 Å². The first-order chi connectivity index (χ1) is 9.10. The lowest BCUT2D eigenvalue weighted by Gasteiger charge is -2.16. The zero-order valence-corrected chi connectivity index (χ0v) is 10.3. The number of allylic oxidation sites excluding steroid dienone is 2. The van der Waals surface area contributed by atoms with Gasteiger partial charge in [0.05, 0.1) is 18.0 Å². The average molecular weight is 262 g/mol. The van der Waals surface area contributed by atoms with Crippen LogP contribution in [0.5, 0.6) is 0 Å². The quantitative estimate of drug-likeness (QED) is 0.482. The maximum absolute atomic E-state index is 13.1. The Bertz CT molecular complexity index is 512. The maximum Gasteiger partial charge on any atom is 0.165 e. The molecule has 0 bridgehead atoms. The molecular formula is C13H15FN4O. The van der Waals surface area contributed by atoms with Crippen LogP contribution in [-0.2, 0) is 4.79 Å². The van der Waals surface area contributed by atoms with Crippen molar-refractivity contribution in [1.82, 2.24) is 4.98 Å². The van der Waals surface area contributed by atoms with Crippen LogP contribution in [0.4, 0.5) is 10.2 Å². The van der Waals surface area contributed by atoms with Crippen LogP contribution in [0.3, 0.4) is 0 Å². The summed E-state index contributed by atoms with van der Waals surface area (Å²) in [6, 6.07) is 3.46. The highest BCUT2D eigenvalue weighted by atomic mass is 19.1. The summed E-state index contributed by atoms with van der Waals surface area (Å²) in [6.45, 7) is 1.02. The number of rotatable bonds is 4. The van der Waals surface area contributed by atoms with E-state index in [9.17, 15) is 9.18 Å². The number of aldehydes is 1. The molecule has 0 unspecified atom stereocenters. The minimum atomic E-state index is -0.796. The summed E-state index contributed by atoms with van der Waals surface area (Å²) in [5.41, 5.74) is 6.01. The van der Waals surface area contributed by atoms with E-state index in [1.807, 2.05) is 4.90 Å². The van der Waals surface area contributed by atoms with Gasteiger partial charge < -0.3 is 16.0 Å². The average Bonchev–Trinajstić information content (AvgIpc) is 2.85. The first-order valence-corrected chi connectivity index (χ1v) is 5.96. The van der Waals surface area contributed by atoms with Gasteiger partial charge in [0.15, 0.2) is 6.29 Å². The van der Waals surface area contributed by atoms with E-state index in [0.29, 0.717) is 37.2 Å². The van der Waals surface area contributed by atoms with Crippen LogP contribution in [0, 0.1) is 5.41 Å². The second-order valence-electron chi connectivity index (χ2n) is 4.41. The molecular weight excluding hydrogens is 247 g/mol. The molecule has 100 valence electrons. The van der Waals surface area contributed by atoms with Gasteiger partial charge in [-0.05, 0) is 24.6 Å². The van der Waals surface area contributed by atoms with Crippen molar-refractivity contribution in [2.45, 2.75) is 12.6 Å². The molecule has 0 saturated carbocycles. The van der Waals surface area contributed by atoms with Gasteiger partial charge in [-0.1, -0.05) is 0 Å². The van der Waals surface area contributed by atoms with E-state index >= 15 is 0 Å². The largest absolute Gasteiger partial charge is 0.396 e. The molecule has 0 amide bonds. The number of pyridine rings is 1. The van der Waals surface area contributed by atoms with Crippen molar-refractivity contribution in [3.05, 3.63) is 35.7 Å².